The molecule has 0 saturated carbocycles. The van der Waals surface area contributed by atoms with E-state index in [0.29, 0.717) is 6.61 Å². The van der Waals surface area contributed by atoms with Crippen LogP contribution in [0.2, 0.25) is 0 Å². The zero-order valence-electron chi connectivity index (χ0n) is 11.5. The van der Waals surface area contributed by atoms with Crippen molar-refractivity contribution in [2.45, 2.75) is 25.7 Å². The Balaban J connectivity index is 1.88. The maximum absolute atomic E-state index is 13.6. The topological polar surface area (TPSA) is 59.6 Å². The molecule has 116 valence electrons. The molecule has 0 bridgehead atoms. The molecule has 1 fully saturated rings. The number of urea groups is 1. The number of ether oxygens (including phenoxy) is 2. The fraction of sp³-hybridized carbons (Fsp3) is 0.462. The lowest BCUT2D eigenvalue weighted by atomic mass is 10.3. The van der Waals surface area contributed by atoms with Gasteiger partial charge in [-0.25, -0.2) is 13.6 Å². The van der Waals surface area contributed by atoms with E-state index in [1.165, 1.54) is 0 Å². The Morgan fingerprint density at radius 3 is 2.57 bits per heavy atom. The minimum atomic E-state index is -0.862. The third kappa shape index (κ3) is 4.36. The molecule has 1 saturated heterocycles. The monoisotopic (exact) mass is 364 g/mol. The van der Waals surface area contributed by atoms with Gasteiger partial charge in [0.05, 0.1) is 6.61 Å². The van der Waals surface area contributed by atoms with Crippen molar-refractivity contribution >= 4 is 27.6 Å². The number of anilines is 1. The molecule has 8 heteroatoms. The van der Waals surface area contributed by atoms with Gasteiger partial charge in [-0.1, -0.05) is 15.9 Å². The summed E-state index contributed by atoms with van der Waals surface area (Å²) < 4.78 is 38.2. The summed E-state index contributed by atoms with van der Waals surface area (Å²) in [4.78, 5) is 11.7. The molecule has 2 N–H and O–H groups in total. The smallest absolute Gasteiger partial charge is 0.319 e. The molecule has 1 aromatic carbocycles. The van der Waals surface area contributed by atoms with Crippen molar-refractivity contribution in [2.24, 2.45) is 0 Å². The summed E-state index contributed by atoms with van der Waals surface area (Å²) in [5.41, 5.74) is -0.500. The van der Waals surface area contributed by atoms with E-state index in [1.54, 1.807) is 13.8 Å². The van der Waals surface area contributed by atoms with Crippen molar-refractivity contribution in [3.05, 3.63) is 28.2 Å². The van der Waals surface area contributed by atoms with Gasteiger partial charge in [0.25, 0.3) is 0 Å². The summed E-state index contributed by atoms with van der Waals surface area (Å²) in [6, 6.07) is 1.41. The second kappa shape index (κ2) is 6.25. The minimum Gasteiger partial charge on any atom is -0.348 e. The molecule has 5 nitrogen and oxygen atoms in total. The van der Waals surface area contributed by atoms with E-state index in [-0.39, 0.29) is 17.1 Å². The summed E-state index contributed by atoms with van der Waals surface area (Å²) in [6.45, 7) is 4.04. The normalized spacial score (nSPS) is 20.3. The summed E-state index contributed by atoms with van der Waals surface area (Å²) in [7, 11) is 0. The Bertz CT molecular complexity index is 531. The maximum Gasteiger partial charge on any atom is 0.319 e. The van der Waals surface area contributed by atoms with Crippen molar-refractivity contribution in [3.8, 4) is 0 Å². The number of nitrogens with one attached hydrogen (secondary N) is 2. The van der Waals surface area contributed by atoms with E-state index in [0.717, 1.165) is 12.1 Å². The molecule has 1 aliphatic rings. The molecule has 0 radical (unpaired) electrons. The predicted molar refractivity (Wildman–Crippen MR) is 76.0 cm³/mol. The van der Waals surface area contributed by atoms with E-state index in [9.17, 15) is 13.6 Å². The van der Waals surface area contributed by atoms with Crippen molar-refractivity contribution in [3.63, 3.8) is 0 Å². The average molecular weight is 365 g/mol. The standard InChI is InChI=1S/C13H15BrF2N2O3/c1-13(2)20-6-8(21-13)5-17-12(19)18-11-9(15)3-7(14)4-10(11)16/h3-4,8H,5-6H2,1-2H3,(H2,17,18,19). The van der Waals surface area contributed by atoms with Gasteiger partial charge in [0.2, 0.25) is 0 Å². The van der Waals surface area contributed by atoms with Crippen LogP contribution in [0.15, 0.2) is 16.6 Å². The van der Waals surface area contributed by atoms with Crippen molar-refractivity contribution < 1.29 is 23.0 Å². The molecular formula is C13H15BrF2N2O3. The lowest BCUT2D eigenvalue weighted by Crippen LogP contribution is -2.37. The predicted octanol–water partition coefficient (Wildman–Crippen LogP) is 3.00. The van der Waals surface area contributed by atoms with Crippen molar-refractivity contribution in [1.29, 1.82) is 0 Å². The maximum atomic E-state index is 13.6. The van der Waals surface area contributed by atoms with Gasteiger partial charge in [-0.3, -0.25) is 0 Å². The minimum absolute atomic E-state index is 0.176. The highest BCUT2D eigenvalue weighted by Crippen LogP contribution is 2.24. The van der Waals surface area contributed by atoms with E-state index < -0.39 is 29.1 Å². The molecule has 2 rings (SSSR count). The third-order valence-electron chi connectivity index (χ3n) is 2.80. The number of carbonyl (C=O) groups is 1. The van der Waals surface area contributed by atoms with E-state index >= 15 is 0 Å². The molecule has 1 unspecified atom stereocenters. The van der Waals surface area contributed by atoms with Crippen LogP contribution in [-0.2, 0) is 9.47 Å². The van der Waals surface area contributed by atoms with Gasteiger partial charge in [0.1, 0.15) is 11.8 Å². The molecule has 1 heterocycles. The highest BCUT2D eigenvalue weighted by Gasteiger charge is 2.32. The lowest BCUT2D eigenvalue weighted by Gasteiger charge is -2.17. The molecule has 1 atom stereocenters. The first kappa shape index (κ1) is 16.1. The zero-order chi connectivity index (χ0) is 15.6. The van der Waals surface area contributed by atoms with Crippen LogP contribution < -0.4 is 10.6 Å². The quantitative estimate of drug-likeness (QED) is 0.866. The van der Waals surface area contributed by atoms with Gasteiger partial charge in [0, 0.05) is 11.0 Å². The highest BCUT2D eigenvalue weighted by atomic mass is 79.9. The summed E-state index contributed by atoms with van der Waals surface area (Å²) >= 11 is 2.96. The number of carbonyl (C=O) groups excluding carboxylic acids is 1. The largest absolute Gasteiger partial charge is 0.348 e. The van der Waals surface area contributed by atoms with Crippen LogP contribution >= 0.6 is 15.9 Å². The zero-order valence-corrected chi connectivity index (χ0v) is 13.1. The first-order chi connectivity index (χ1) is 9.77. The van der Waals surface area contributed by atoms with Crippen molar-refractivity contribution in [2.75, 3.05) is 18.5 Å². The first-order valence-electron chi connectivity index (χ1n) is 6.28. The summed E-state index contributed by atoms with van der Waals surface area (Å²) in [5, 5.41) is 4.61. The van der Waals surface area contributed by atoms with Gasteiger partial charge in [-0.05, 0) is 26.0 Å². The molecule has 0 aliphatic carbocycles. The van der Waals surface area contributed by atoms with Crippen LogP contribution in [0.1, 0.15) is 13.8 Å². The number of hydrogen-bond donors (Lipinski definition) is 2. The Morgan fingerprint density at radius 1 is 1.43 bits per heavy atom. The Labute approximate surface area is 129 Å². The number of benzene rings is 1. The molecule has 2 amide bonds. The molecule has 0 spiro atoms. The fourth-order valence-corrected chi connectivity index (χ4v) is 2.29. The van der Waals surface area contributed by atoms with Gasteiger partial charge in [-0.2, -0.15) is 0 Å². The van der Waals surface area contributed by atoms with Gasteiger partial charge in [0.15, 0.2) is 17.4 Å². The van der Waals surface area contributed by atoms with Crippen LogP contribution in [0.4, 0.5) is 19.3 Å². The fourth-order valence-electron chi connectivity index (χ4n) is 1.89. The second-order valence-electron chi connectivity index (χ2n) is 5.03. The molecular weight excluding hydrogens is 350 g/mol. The van der Waals surface area contributed by atoms with E-state index in [4.69, 9.17) is 9.47 Å². The molecule has 0 aromatic heterocycles. The van der Waals surface area contributed by atoms with Crippen LogP contribution in [0, 0.1) is 11.6 Å². The van der Waals surface area contributed by atoms with Crippen LogP contribution in [0.25, 0.3) is 0 Å². The Kier molecular flexibility index (Phi) is 4.80. The van der Waals surface area contributed by atoms with Gasteiger partial charge >= 0.3 is 6.03 Å². The Hall–Kier alpha value is -1.25. The van der Waals surface area contributed by atoms with Crippen LogP contribution in [0.3, 0.4) is 0 Å². The number of rotatable bonds is 3. The number of hydrogen-bond acceptors (Lipinski definition) is 3. The molecule has 1 aromatic rings. The molecule has 21 heavy (non-hydrogen) atoms. The highest BCUT2D eigenvalue weighted by molar-refractivity contribution is 9.10. The van der Waals surface area contributed by atoms with Gasteiger partial charge in [-0.15, -0.1) is 0 Å². The summed E-state index contributed by atoms with van der Waals surface area (Å²) in [5.74, 6) is -2.41. The molecule has 1 aliphatic heterocycles. The lowest BCUT2D eigenvalue weighted by molar-refractivity contribution is -0.137. The third-order valence-corrected chi connectivity index (χ3v) is 3.26. The SMILES string of the molecule is CC1(C)OCC(CNC(=O)Nc2c(F)cc(Br)cc2F)O1. The Morgan fingerprint density at radius 2 is 2.05 bits per heavy atom. The van der Waals surface area contributed by atoms with E-state index in [2.05, 4.69) is 26.6 Å². The number of halogens is 3. The van der Waals surface area contributed by atoms with Crippen molar-refractivity contribution in [1.82, 2.24) is 5.32 Å². The summed E-state index contributed by atoms with van der Waals surface area (Å²) in [6.07, 6.45) is -0.301. The van der Waals surface area contributed by atoms with Crippen LogP contribution in [0.5, 0.6) is 0 Å². The van der Waals surface area contributed by atoms with Gasteiger partial charge < -0.3 is 20.1 Å². The van der Waals surface area contributed by atoms with E-state index in [1.807, 2.05) is 0 Å². The second-order valence-corrected chi connectivity index (χ2v) is 5.95. The first-order valence-corrected chi connectivity index (χ1v) is 7.07. The average Bonchev–Trinajstić information content (AvgIpc) is 2.71. The van der Waals surface area contributed by atoms with Crippen LogP contribution in [-0.4, -0.2) is 31.1 Å². The number of amides is 2.